The Bertz CT molecular complexity index is 566. The third kappa shape index (κ3) is 3.25. The summed E-state index contributed by atoms with van der Waals surface area (Å²) in [5, 5.41) is 5.81. The Morgan fingerprint density at radius 1 is 1.42 bits per heavy atom. The van der Waals surface area contributed by atoms with Crippen LogP contribution in [-0.4, -0.2) is 39.9 Å². The van der Waals surface area contributed by atoms with E-state index in [0.717, 1.165) is 10.7 Å². The van der Waals surface area contributed by atoms with E-state index in [4.69, 9.17) is 0 Å². The lowest BCUT2D eigenvalue weighted by Gasteiger charge is -2.15. The van der Waals surface area contributed by atoms with Crippen molar-refractivity contribution in [2.24, 2.45) is 0 Å². The Morgan fingerprint density at radius 3 is 2.74 bits per heavy atom. The number of rotatable bonds is 4. The van der Waals surface area contributed by atoms with Crippen LogP contribution in [0.1, 0.15) is 21.2 Å². The summed E-state index contributed by atoms with van der Waals surface area (Å²) in [4.78, 5) is 26.2. The second-order valence-electron chi connectivity index (χ2n) is 4.06. The maximum absolute atomic E-state index is 12.1. The highest BCUT2D eigenvalue weighted by Gasteiger charge is 2.14. The van der Waals surface area contributed by atoms with Gasteiger partial charge in [0, 0.05) is 19.5 Å². The van der Waals surface area contributed by atoms with Gasteiger partial charge in [0.1, 0.15) is 11.5 Å². The van der Waals surface area contributed by atoms with Gasteiger partial charge in [-0.05, 0) is 6.92 Å². The number of hydrogen-bond acceptors (Lipinski definition) is 6. The number of amides is 1. The predicted molar refractivity (Wildman–Crippen MR) is 74.2 cm³/mol. The van der Waals surface area contributed by atoms with E-state index in [0.29, 0.717) is 18.1 Å². The van der Waals surface area contributed by atoms with Crippen molar-refractivity contribution in [2.75, 3.05) is 19.4 Å². The molecule has 1 N–H and O–H groups in total. The molecule has 0 bridgehead atoms. The van der Waals surface area contributed by atoms with E-state index in [1.54, 1.807) is 30.3 Å². The van der Waals surface area contributed by atoms with Crippen molar-refractivity contribution < 1.29 is 4.79 Å². The quantitative estimate of drug-likeness (QED) is 0.918. The first-order valence-corrected chi connectivity index (χ1v) is 6.64. The van der Waals surface area contributed by atoms with Gasteiger partial charge in [0.25, 0.3) is 5.91 Å². The summed E-state index contributed by atoms with van der Waals surface area (Å²) < 4.78 is 0. The van der Waals surface area contributed by atoms with Crippen LogP contribution in [-0.2, 0) is 6.54 Å². The number of carbonyl (C=O) groups excluding carboxylic acids is 1. The number of hydrogen-bond donors (Lipinski definition) is 1. The van der Waals surface area contributed by atoms with Crippen molar-refractivity contribution in [3.63, 3.8) is 0 Å². The minimum absolute atomic E-state index is 0.166. The van der Waals surface area contributed by atoms with Crippen LogP contribution in [0.4, 0.5) is 5.82 Å². The molecular weight excluding hydrogens is 262 g/mol. The van der Waals surface area contributed by atoms with Crippen molar-refractivity contribution in [3.05, 3.63) is 34.2 Å². The van der Waals surface area contributed by atoms with Gasteiger partial charge in [-0.25, -0.2) is 15.0 Å². The first kappa shape index (κ1) is 13.4. The maximum Gasteiger partial charge on any atom is 0.274 e. The molecule has 0 aliphatic rings. The summed E-state index contributed by atoms with van der Waals surface area (Å²) >= 11 is 1.57. The van der Waals surface area contributed by atoms with Crippen LogP contribution in [0.15, 0.2) is 17.8 Å². The van der Waals surface area contributed by atoms with E-state index in [9.17, 15) is 4.79 Å². The van der Waals surface area contributed by atoms with Crippen LogP contribution in [0, 0.1) is 6.92 Å². The van der Waals surface area contributed by atoms with E-state index in [1.165, 1.54) is 12.4 Å². The molecular formula is C12H15N5OS. The molecule has 0 aromatic carbocycles. The standard InChI is InChI=1S/C12H15N5OS/c1-8-16-9(7-19-8)6-17(3)12(18)10-4-15-11(13-2)5-14-10/h4-5,7H,6H2,1-3H3,(H,13,15). The molecule has 100 valence electrons. The van der Waals surface area contributed by atoms with Crippen molar-refractivity contribution >= 4 is 23.1 Å². The lowest BCUT2D eigenvalue weighted by Crippen LogP contribution is -2.27. The molecule has 2 heterocycles. The maximum atomic E-state index is 12.1. The molecule has 6 nitrogen and oxygen atoms in total. The van der Waals surface area contributed by atoms with Gasteiger partial charge in [-0.2, -0.15) is 0 Å². The average Bonchev–Trinajstić information content (AvgIpc) is 2.83. The number of nitrogens with zero attached hydrogens (tertiary/aromatic N) is 4. The monoisotopic (exact) mass is 277 g/mol. The van der Waals surface area contributed by atoms with Gasteiger partial charge in [-0.3, -0.25) is 4.79 Å². The molecule has 0 aliphatic carbocycles. The number of carbonyl (C=O) groups is 1. The highest BCUT2D eigenvalue weighted by Crippen LogP contribution is 2.11. The molecule has 1 amide bonds. The fraction of sp³-hybridized carbons (Fsp3) is 0.333. The Hall–Kier alpha value is -2.02. The van der Waals surface area contributed by atoms with Gasteiger partial charge in [0.05, 0.1) is 29.6 Å². The number of nitrogens with one attached hydrogen (secondary N) is 1. The fourth-order valence-electron chi connectivity index (χ4n) is 1.56. The molecule has 0 aliphatic heterocycles. The second kappa shape index (κ2) is 5.75. The van der Waals surface area contributed by atoms with Crippen LogP contribution >= 0.6 is 11.3 Å². The van der Waals surface area contributed by atoms with Crippen LogP contribution in [0.25, 0.3) is 0 Å². The molecule has 19 heavy (non-hydrogen) atoms. The van der Waals surface area contributed by atoms with Crippen LogP contribution in [0.3, 0.4) is 0 Å². The molecule has 0 atom stereocenters. The molecule has 0 radical (unpaired) electrons. The Balaban J connectivity index is 2.05. The van der Waals surface area contributed by atoms with E-state index in [2.05, 4.69) is 20.3 Å². The molecule has 0 saturated heterocycles. The van der Waals surface area contributed by atoms with Crippen LogP contribution < -0.4 is 5.32 Å². The predicted octanol–water partition coefficient (Wildman–Crippen LogP) is 1.56. The van der Waals surface area contributed by atoms with Crippen LogP contribution in [0.5, 0.6) is 0 Å². The normalized spacial score (nSPS) is 10.3. The lowest BCUT2D eigenvalue weighted by atomic mass is 10.3. The SMILES string of the molecule is CNc1cnc(C(=O)N(C)Cc2csc(C)n2)cn1. The van der Waals surface area contributed by atoms with Crippen molar-refractivity contribution in [3.8, 4) is 0 Å². The van der Waals surface area contributed by atoms with Gasteiger partial charge in [-0.1, -0.05) is 0 Å². The van der Waals surface area contributed by atoms with E-state index >= 15 is 0 Å². The first-order valence-electron chi connectivity index (χ1n) is 5.76. The molecule has 0 fully saturated rings. The molecule has 2 aromatic rings. The first-order chi connectivity index (χ1) is 9.10. The van der Waals surface area contributed by atoms with Gasteiger partial charge >= 0.3 is 0 Å². The van der Waals surface area contributed by atoms with Crippen molar-refractivity contribution in [1.82, 2.24) is 19.9 Å². The number of aryl methyl sites for hydroxylation is 1. The number of aromatic nitrogens is 3. The van der Waals surface area contributed by atoms with Gasteiger partial charge in [0.2, 0.25) is 0 Å². The Morgan fingerprint density at radius 2 is 2.21 bits per heavy atom. The summed E-state index contributed by atoms with van der Waals surface area (Å²) in [7, 11) is 3.48. The van der Waals surface area contributed by atoms with Gasteiger partial charge < -0.3 is 10.2 Å². The topological polar surface area (TPSA) is 71.0 Å². The average molecular weight is 277 g/mol. The highest BCUT2D eigenvalue weighted by atomic mass is 32.1. The summed E-state index contributed by atoms with van der Waals surface area (Å²) in [6.07, 6.45) is 3.00. The smallest absolute Gasteiger partial charge is 0.274 e. The van der Waals surface area contributed by atoms with Crippen molar-refractivity contribution in [2.45, 2.75) is 13.5 Å². The summed E-state index contributed by atoms with van der Waals surface area (Å²) in [5.74, 6) is 0.468. The Labute approximate surface area is 115 Å². The van der Waals surface area contributed by atoms with E-state index < -0.39 is 0 Å². The zero-order valence-electron chi connectivity index (χ0n) is 11.0. The summed E-state index contributed by atoms with van der Waals surface area (Å²) in [6, 6.07) is 0. The molecule has 2 aromatic heterocycles. The van der Waals surface area contributed by atoms with Crippen LogP contribution in [0.2, 0.25) is 0 Å². The zero-order chi connectivity index (χ0) is 13.8. The minimum atomic E-state index is -0.166. The summed E-state index contributed by atoms with van der Waals surface area (Å²) in [6.45, 7) is 2.41. The number of anilines is 1. The fourth-order valence-corrected chi connectivity index (χ4v) is 2.16. The van der Waals surface area contributed by atoms with E-state index in [1.807, 2.05) is 12.3 Å². The highest BCUT2D eigenvalue weighted by molar-refractivity contribution is 7.09. The third-order valence-electron chi connectivity index (χ3n) is 2.54. The second-order valence-corrected chi connectivity index (χ2v) is 5.12. The molecule has 7 heteroatoms. The van der Waals surface area contributed by atoms with Crippen molar-refractivity contribution in [1.29, 1.82) is 0 Å². The molecule has 0 spiro atoms. The molecule has 0 unspecified atom stereocenters. The van der Waals surface area contributed by atoms with E-state index in [-0.39, 0.29) is 5.91 Å². The van der Waals surface area contributed by atoms with Gasteiger partial charge in [-0.15, -0.1) is 11.3 Å². The lowest BCUT2D eigenvalue weighted by molar-refractivity contribution is 0.0777. The largest absolute Gasteiger partial charge is 0.372 e. The van der Waals surface area contributed by atoms with Gasteiger partial charge in [0.15, 0.2) is 0 Å². The molecule has 0 saturated carbocycles. The summed E-state index contributed by atoms with van der Waals surface area (Å²) in [5.41, 5.74) is 1.21. The molecule has 2 rings (SSSR count). The minimum Gasteiger partial charge on any atom is -0.372 e. The Kier molecular flexibility index (Phi) is 4.06. The third-order valence-corrected chi connectivity index (χ3v) is 3.36. The zero-order valence-corrected chi connectivity index (χ0v) is 11.9. The number of thiazole rings is 1.